The van der Waals surface area contributed by atoms with Crippen LogP contribution >= 0.6 is 0 Å². The van der Waals surface area contributed by atoms with Crippen molar-refractivity contribution < 1.29 is 110 Å². The molecule has 6 aliphatic rings. The van der Waals surface area contributed by atoms with E-state index in [1.54, 1.807) is 0 Å². The van der Waals surface area contributed by atoms with Crippen molar-refractivity contribution >= 4 is 137 Å². The predicted octanol–water partition coefficient (Wildman–Crippen LogP) is 7.03. The third-order valence-electron chi connectivity index (χ3n) is 21.9. The number of aliphatic carboxylic acids is 1. The van der Waals surface area contributed by atoms with E-state index in [2.05, 4.69) is 43.1 Å². The molecule has 0 bridgehead atoms. The number of carboxylic acid groups (broad SMARTS) is 1. The van der Waals surface area contributed by atoms with E-state index in [4.69, 9.17) is 29.4 Å². The molecule has 6 N–H and O–H groups in total. The topological polar surface area (TPSA) is 411 Å². The Morgan fingerprint density at radius 2 is 0.722 bits per heavy atom. The van der Waals surface area contributed by atoms with E-state index >= 15 is 0 Å². The number of hydrogen-bond acceptors (Lipinski definition) is 19. The Kier molecular flexibility index (Phi) is 22.8. The molecule has 6 aromatic rings. The summed E-state index contributed by atoms with van der Waals surface area (Å²) in [6.07, 6.45) is 2.64. The number of rotatable bonds is 46. The Morgan fingerprint density at radius 3 is 1.07 bits per heavy atom. The van der Waals surface area contributed by atoms with Gasteiger partial charge in [0.2, 0.25) is 0 Å². The molecule has 31 nitrogen and oxygen atoms in total. The van der Waals surface area contributed by atoms with E-state index in [-0.39, 0.29) is 73.9 Å². The number of quaternary nitrogens is 2. The fraction of sp³-hybridized carbons (Fsp3) is 0.522. The summed E-state index contributed by atoms with van der Waals surface area (Å²) in [4.78, 5) is 34.7. The van der Waals surface area contributed by atoms with Crippen LogP contribution in [0, 0.1) is 0 Å². The molecule has 0 unspecified atom stereocenters. The number of nitrogens with zero attached hydrogens (tertiary/aromatic N) is 10. The Balaban J connectivity index is 1.07. The van der Waals surface area contributed by atoms with E-state index in [0.29, 0.717) is 155 Å². The quantitative estimate of drug-likeness (QED) is 0.00966. The van der Waals surface area contributed by atoms with Gasteiger partial charge < -0.3 is 5.11 Å². The number of aromatic nitrogens is 2. The number of benzene rings is 4. The van der Waals surface area contributed by atoms with Crippen molar-refractivity contribution in [2.45, 2.75) is 122 Å². The molecule has 0 fully saturated rings. The third-order valence-corrected chi connectivity index (χ3v) is 42.6. The van der Waals surface area contributed by atoms with Crippen molar-refractivity contribution in [2.75, 3.05) is 108 Å². The van der Waals surface area contributed by atoms with Gasteiger partial charge in [0.05, 0.1) is 13.0 Å². The molecular formula is C69H98N10O21S5Si3+2. The second-order valence-corrected chi connectivity index (χ2v) is 52.9. The van der Waals surface area contributed by atoms with Crippen LogP contribution in [0.1, 0.15) is 106 Å². The van der Waals surface area contributed by atoms with Crippen LogP contribution in [0.4, 0.5) is 11.6 Å². The van der Waals surface area contributed by atoms with Crippen LogP contribution in [-0.2, 0) is 73.1 Å². The second kappa shape index (κ2) is 30.3. The van der Waals surface area contributed by atoms with E-state index in [9.17, 15) is 83.0 Å². The monoisotopic (exact) mass is 1650 g/mol. The van der Waals surface area contributed by atoms with Gasteiger partial charge in [0, 0.05) is 0 Å². The summed E-state index contributed by atoms with van der Waals surface area (Å²) in [6, 6.07) is 32.7. The maximum absolute atomic E-state index is 12.3. The average Bonchev–Trinajstić information content (AvgIpc) is 1.30. The van der Waals surface area contributed by atoms with Crippen LogP contribution in [0.5, 0.6) is 0 Å². The summed E-state index contributed by atoms with van der Waals surface area (Å²) in [5.74, 6) is -0.600. The van der Waals surface area contributed by atoms with Crippen molar-refractivity contribution in [1.82, 2.24) is 8.47 Å². The number of carbonyl (C=O) groups is 1. The first-order chi connectivity index (χ1) is 50.8. The molecule has 6 aliphatic heterocycles. The Morgan fingerprint density at radius 1 is 0.407 bits per heavy atom. The van der Waals surface area contributed by atoms with Crippen LogP contribution in [0.2, 0.25) is 38.3 Å². The summed E-state index contributed by atoms with van der Waals surface area (Å²) in [5, 5.41) is 12.2. The van der Waals surface area contributed by atoms with E-state index in [0.717, 1.165) is 43.8 Å². The van der Waals surface area contributed by atoms with Crippen molar-refractivity contribution in [1.29, 1.82) is 0 Å². The normalized spacial score (nSPS) is 17.4. The SMILES string of the molecule is C[Si](C)(CCC[N+](CCCCS(=O)(=O)O)(CCCCS(=O)(=O)O)CCCCS(=O)(=O)O)O[Si-2]123(O[Si](C)(C)CCC[N+](CCCCS(=O)(=O)O)(CCCCS(=O)(=O)O)CCOCCOCCC(=O)O)n4c5c6ccccc6c4N=C4c6ccccc6C(=[N+]41)N=c1c4ccccc4c(n12)=NC1=[N+]3C(=N5)c2ccccc21. The number of aliphatic imine (C=N–C) groups is 2. The first-order valence-electron chi connectivity index (χ1n) is 36.8. The number of hydrogen-bond donors (Lipinski definition) is 6. The summed E-state index contributed by atoms with van der Waals surface area (Å²) in [6.45, 7) is 11.9. The zero-order valence-corrected chi connectivity index (χ0v) is 68.3. The zero-order chi connectivity index (χ0) is 77.6. The number of unbranched alkanes of at least 4 members (excludes halogenated alkanes) is 5. The molecule has 4 aromatic carbocycles. The number of amidine groups is 4. The molecule has 0 saturated heterocycles. The van der Waals surface area contributed by atoms with Gasteiger partial charge in [-0.15, -0.1) is 0 Å². The molecule has 0 radical (unpaired) electrons. The van der Waals surface area contributed by atoms with Gasteiger partial charge in [-0.05, 0) is 0 Å². The molecule has 0 aliphatic carbocycles. The fourth-order valence-corrected chi connectivity index (χ4v) is 42.8. The molecule has 2 aromatic heterocycles. The van der Waals surface area contributed by atoms with Crippen molar-refractivity contribution in [3.63, 3.8) is 0 Å². The van der Waals surface area contributed by atoms with Crippen LogP contribution in [0.25, 0.3) is 21.5 Å². The van der Waals surface area contributed by atoms with E-state index in [1.165, 1.54) is 0 Å². The van der Waals surface area contributed by atoms with Gasteiger partial charge in [-0.25, -0.2) is 0 Å². The first-order valence-corrected chi connectivity index (χ1v) is 53.7. The van der Waals surface area contributed by atoms with Crippen LogP contribution in [0.3, 0.4) is 0 Å². The van der Waals surface area contributed by atoms with Gasteiger partial charge in [-0.3, -0.25) is 4.79 Å². The average molecular weight is 1650 g/mol. The van der Waals surface area contributed by atoms with Crippen molar-refractivity contribution in [2.24, 2.45) is 20.0 Å². The van der Waals surface area contributed by atoms with Crippen molar-refractivity contribution in [3.8, 4) is 0 Å². The zero-order valence-electron chi connectivity index (χ0n) is 61.2. The van der Waals surface area contributed by atoms with Gasteiger partial charge in [0.1, 0.15) is 0 Å². The van der Waals surface area contributed by atoms with Crippen molar-refractivity contribution in [3.05, 3.63) is 130 Å². The molecule has 590 valence electrons. The van der Waals surface area contributed by atoms with E-state index < -0.39 is 110 Å². The van der Waals surface area contributed by atoms with Gasteiger partial charge in [0.25, 0.3) is 0 Å². The molecule has 108 heavy (non-hydrogen) atoms. The molecule has 39 heteroatoms. The Hall–Kier alpha value is -6.33. The molecular weight excluding hydrogens is 1550 g/mol. The maximum atomic E-state index is 12.3. The molecule has 8 heterocycles. The summed E-state index contributed by atoms with van der Waals surface area (Å²) < 4.78 is 212. The van der Waals surface area contributed by atoms with Gasteiger partial charge >= 0.3 is 612 Å². The fourth-order valence-electron chi connectivity index (χ4n) is 17.7. The molecule has 12 rings (SSSR count). The third kappa shape index (κ3) is 15.9. The molecule has 0 amide bonds. The van der Waals surface area contributed by atoms with Crippen LogP contribution < -0.4 is 11.0 Å². The Labute approximate surface area is 631 Å². The molecule has 1 spiro atoms. The van der Waals surface area contributed by atoms with Crippen LogP contribution in [-0.4, -0.2) is 257 Å². The minimum atomic E-state index is -7.44. The van der Waals surface area contributed by atoms with Gasteiger partial charge in [-0.2, -0.15) is 0 Å². The summed E-state index contributed by atoms with van der Waals surface area (Å²) in [7, 11) is -36.7. The minimum absolute atomic E-state index is 0.0197. The molecule has 0 atom stereocenters. The summed E-state index contributed by atoms with van der Waals surface area (Å²) in [5.41, 5.74) is 3.95. The van der Waals surface area contributed by atoms with Crippen LogP contribution in [0.15, 0.2) is 117 Å². The first kappa shape index (κ1) is 81.2. The van der Waals surface area contributed by atoms with E-state index in [1.807, 2.05) is 97.1 Å². The Bertz CT molecular complexity index is 5150. The predicted molar refractivity (Wildman–Crippen MR) is 414 cm³/mol. The summed E-state index contributed by atoms with van der Waals surface area (Å²) >= 11 is 0. The second-order valence-electron chi connectivity index (χ2n) is 30.7. The standard InChI is InChI=1S/C69H96N10O21S5Si3/c1-106(2,51-23-39-78(34-13-18-46-101(82,83)84,35-14-19-47-102(85,86)87)36-15-20-48-103(88,89)90)99-108(100-107(3,4)52-24-40-79(37-16-21-49-104(91,92)93,38-17-22-50-105(94,95)96)41-43-98-45-44-97-42-33-61(80)81)74-62-53-25-5-6-26-54(53)63(74)71-65-57-29-9-10-30-58(57)67(76(65)108)73-69-60-32-12-11-31-59(60)68(77(69)108)72-66-56-28-8-7-27-55(56)64(70-62)75(66)108/h5-12,25-32H,13-24,33-52H2,1-4H3,(H4-2,80,81,82,83,84,85,86,87,88,89,90,91,92,93,94,95,96)/p+2. The van der Waals surface area contributed by atoms with Gasteiger partial charge in [-0.1, -0.05) is 0 Å². The molecule has 0 saturated carbocycles. The number of fused-ring (bicyclic) bond motifs is 12. The number of ether oxygens (including phenoxy) is 2. The number of carboxylic acids is 1. The van der Waals surface area contributed by atoms with Gasteiger partial charge in [0.15, 0.2) is 0 Å².